The second-order valence-corrected chi connectivity index (χ2v) is 7.77. The molecule has 1 aliphatic rings. The summed E-state index contributed by atoms with van der Waals surface area (Å²) in [6.07, 6.45) is -1.02. The Morgan fingerprint density at radius 2 is 2.04 bits per heavy atom. The Hall–Kier alpha value is -2.51. The molecule has 1 N–H and O–H groups in total. The molecule has 0 fully saturated rings. The topological polar surface area (TPSA) is 75.7 Å². The van der Waals surface area contributed by atoms with Gasteiger partial charge < -0.3 is 10.1 Å². The van der Waals surface area contributed by atoms with Gasteiger partial charge in [0.05, 0.1) is 11.4 Å². The van der Waals surface area contributed by atoms with Crippen LogP contribution in [0.25, 0.3) is 0 Å². The lowest BCUT2D eigenvalue weighted by atomic mass is 10.2. The van der Waals surface area contributed by atoms with E-state index in [1.165, 1.54) is 23.6 Å². The highest BCUT2D eigenvalue weighted by molar-refractivity contribution is 8.00. The molecule has 1 unspecified atom stereocenters. The molecule has 8 heteroatoms. The van der Waals surface area contributed by atoms with Crippen molar-refractivity contribution in [3.63, 3.8) is 0 Å². The fourth-order valence-electron chi connectivity index (χ4n) is 2.71. The minimum absolute atomic E-state index is 0.174. The van der Waals surface area contributed by atoms with Gasteiger partial charge in [0.15, 0.2) is 6.10 Å². The molecule has 146 valence electrons. The predicted molar refractivity (Wildman–Crippen MR) is 110 cm³/mol. The normalized spacial score (nSPS) is 14.2. The number of hydrogen-bond donors (Lipinski definition) is 1. The SMILES string of the molecule is Cc1ccc(Cl)cc1NC(=O)C(C)OC(=O)CN1C(=O)CSc2ccccc21. The Labute approximate surface area is 172 Å². The van der Waals surface area contributed by atoms with Crippen LogP contribution in [-0.2, 0) is 19.1 Å². The van der Waals surface area contributed by atoms with E-state index >= 15 is 0 Å². The highest BCUT2D eigenvalue weighted by atomic mass is 35.5. The number of benzene rings is 2. The molecule has 3 rings (SSSR count). The summed E-state index contributed by atoms with van der Waals surface area (Å²) < 4.78 is 5.24. The van der Waals surface area contributed by atoms with E-state index in [-0.39, 0.29) is 18.2 Å². The number of fused-ring (bicyclic) bond motifs is 1. The molecule has 2 amide bonds. The van der Waals surface area contributed by atoms with Crippen LogP contribution in [0.3, 0.4) is 0 Å². The van der Waals surface area contributed by atoms with Crippen LogP contribution in [0, 0.1) is 6.92 Å². The molecular formula is C20H19ClN2O4S. The Balaban J connectivity index is 1.62. The van der Waals surface area contributed by atoms with Crippen molar-refractivity contribution in [3.8, 4) is 0 Å². The molecule has 1 atom stereocenters. The van der Waals surface area contributed by atoms with Gasteiger partial charge >= 0.3 is 5.97 Å². The lowest BCUT2D eigenvalue weighted by Gasteiger charge is -2.28. The molecule has 0 spiro atoms. The number of carbonyl (C=O) groups is 3. The average molecular weight is 419 g/mol. The van der Waals surface area contributed by atoms with Gasteiger partial charge in [-0.2, -0.15) is 0 Å². The quantitative estimate of drug-likeness (QED) is 0.750. The Morgan fingerprint density at radius 1 is 1.29 bits per heavy atom. The third-order valence-corrected chi connectivity index (χ3v) is 5.51. The zero-order chi connectivity index (χ0) is 20.3. The molecule has 0 saturated carbocycles. The summed E-state index contributed by atoms with van der Waals surface area (Å²) in [5.41, 5.74) is 2.06. The van der Waals surface area contributed by atoms with E-state index in [1.54, 1.807) is 30.3 Å². The van der Waals surface area contributed by atoms with Gasteiger partial charge in [0.2, 0.25) is 5.91 Å². The van der Waals surface area contributed by atoms with Crippen LogP contribution in [-0.4, -0.2) is 36.2 Å². The van der Waals surface area contributed by atoms with Crippen molar-refractivity contribution in [2.45, 2.75) is 24.8 Å². The van der Waals surface area contributed by atoms with E-state index in [2.05, 4.69) is 5.32 Å². The van der Waals surface area contributed by atoms with Crippen LogP contribution >= 0.6 is 23.4 Å². The van der Waals surface area contributed by atoms with Crippen LogP contribution in [0.4, 0.5) is 11.4 Å². The number of thioether (sulfide) groups is 1. The van der Waals surface area contributed by atoms with Crippen molar-refractivity contribution >= 4 is 52.5 Å². The summed E-state index contributed by atoms with van der Waals surface area (Å²) in [4.78, 5) is 39.2. The number of esters is 1. The zero-order valence-corrected chi connectivity index (χ0v) is 17.0. The van der Waals surface area contributed by atoms with Gasteiger partial charge in [0, 0.05) is 15.6 Å². The monoisotopic (exact) mass is 418 g/mol. The number of carbonyl (C=O) groups excluding carboxylic acids is 3. The summed E-state index contributed by atoms with van der Waals surface area (Å²) >= 11 is 7.38. The molecular weight excluding hydrogens is 400 g/mol. The van der Waals surface area contributed by atoms with Crippen LogP contribution in [0.2, 0.25) is 5.02 Å². The highest BCUT2D eigenvalue weighted by Gasteiger charge is 2.28. The molecule has 0 bridgehead atoms. The van der Waals surface area contributed by atoms with Gasteiger partial charge in [0.25, 0.3) is 5.91 Å². The standard InChI is InChI=1S/C20H19ClN2O4S/c1-12-7-8-14(21)9-15(12)22-20(26)13(2)27-19(25)10-23-16-5-3-4-6-17(16)28-11-18(23)24/h3-9,13H,10-11H2,1-2H3,(H,22,26). The summed E-state index contributed by atoms with van der Waals surface area (Å²) in [7, 11) is 0. The van der Waals surface area contributed by atoms with E-state index in [1.807, 2.05) is 19.1 Å². The maximum atomic E-state index is 12.4. The van der Waals surface area contributed by atoms with E-state index in [0.717, 1.165) is 10.5 Å². The van der Waals surface area contributed by atoms with Crippen LogP contribution < -0.4 is 10.2 Å². The maximum absolute atomic E-state index is 12.4. The summed E-state index contributed by atoms with van der Waals surface area (Å²) in [5, 5.41) is 3.19. The molecule has 6 nitrogen and oxygen atoms in total. The molecule has 0 aromatic heterocycles. The lowest BCUT2D eigenvalue weighted by molar-refractivity contribution is -0.152. The third-order valence-electron chi connectivity index (χ3n) is 4.23. The summed E-state index contributed by atoms with van der Waals surface area (Å²) in [6.45, 7) is 3.07. The van der Waals surface area contributed by atoms with Gasteiger partial charge in [-0.3, -0.25) is 19.3 Å². The largest absolute Gasteiger partial charge is 0.451 e. The minimum Gasteiger partial charge on any atom is -0.451 e. The van der Waals surface area contributed by atoms with Crippen LogP contribution in [0.1, 0.15) is 12.5 Å². The molecule has 0 saturated heterocycles. The van der Waals surface area contributed by atoms with Crippen molar-refractivity contribution in [1.29, 1.82) is 0 Å². The molecule has 2 aromatic carbocycles. The smallest absolute Gasteiger partial charge is 0.326 e. The molecule has 1 heterocycles. The number of rotatable bonds is 5. The first-order chi connectivity index (χ1) is 13.3. The Bertz CT molecular complexity index is 934. The maximum Gasteiger partial charge on any atom is 0.326 e. The zero-order valence-electron chi connectivity index (χ0n) is 15.4. The minimum atomic E-state index is -1.02. The second-order valence-electron chi connectivity index (χ2n) is 6.32. The number of nitrogens with one attached hydrogen (secondary N) is 1. The fourth-order valence-corrected chi connectivity index (χ4v) is 3.82. The first-order valence-electron chi connectivity index (χ1n) is 8.64. The van der Waals surface area contributed by atoms with Crippen molar-refractivity contribution in [3.05, 3.63) is 53.1 Å². The lowest BCUT2D eigenvalue weighted by Crippen LogP contribution is -2.41. The predicted octanol–water partition coefficient (Wildman–Crippen LogP) is 3.66. The van der Waals surface area contributed by atoms with Crippen molar-refractivity contribution < 1.29 is 19.1 Å². The van der Waals surface area contributed by atoms with Crippen LogP contribution in [0.5, 0.6) is 0 Å². The molecule has 2 aromatic rings. The highest BCUT2D eigenvalue weighted by Crippen LogP contribution is 2.34. The first-order valence-corrected chi connectivity index (χ1v) is 10.00. The van der Waals surface area contributed by atoms with Gasteiger partial charge in [-0.15, -0.1) is 11.8 Å². The number of amides is 2. The molecule has 0 radical (unpaired) electrons. The number of para-hydroxylation sites is 1. The van der Waals surface area contributed by atoms with E-state index in [0.29, 0.717) is 16.4 Å². The first kappa shape index (κ1) is 20.2. The van der Waals surface area contributed by atoms with E-state index < -0.39 is 18.0 Å². The number of aryl methyl sites for hydroxylation is 1. The van der Waals surface area contributed by atoms with Crippen LogP contribution in [0.15, 0.2) is 47.4 Å². The average Bonchev–Trinajstić information content (AvgIpc) is 2.67. The summed E-state index contributed by atoms with van der Waals surface area (Å²) in [5.74, 6) is -1.04. The number of hydrogen-bond acceptors (Lipinski definition) is 5. The third kappa shape index (κ3) is 4.66. The number of halogens is 1. The van der Waals surface area contributed by atoms with Gasteiger partial charge in [0.1, 0.15) is 6.54 Å². The fraction of sp³-hybridized carbons (Fsp3) is 0.250. The number of nitrogens with zero attached hydrogens (tertiary/aromatic N) is 1. The molecule has 1 aliphatic heterocycles. The van der Waals surface area contributed by atoms with E-state index in [4.69, 9.17) is 16.3 Å². The van der Waals surface area contributed by atoms with Crippen molar-refractivity contribution in [2.75, 3.05) is 22.5 Å². The summed E-state index contributed by atoms with van der Waals surface area (Å²) in [6, 6.07) is 12.5. The number of anilines is 2. The Kier molecular flexibility index (Phi) is 6.26. The van der Waals surface area contributed by atoms with Gasteiger partial charge in [-0.25, -0.2) is 0 Å². The second kappa shape index (κ2) is 8.67. The van der Waals surface area contributed by atoms with Gasteiger partial charge in [-0.05, 0) is 43.7 Å². The van der Waals surface area contributed by atoms with Gasteiger partial charge in [-0.1, -0.05) is 29.8 Å². The van der Waals surface area contributed by atoms with E-state index in [9.17, 15) is 14.4 Å². The number of ether oxygens (including phenoxy) is 1. The van der Waals surface area contributed by atoms with Crippen molar-refractivity contribution in [2.24, 2.45) is 0 Å². The van der Waals surface area contributed by atoms with Crippen molar-refractivity contribution in [1.82, 2.24) is 0 Å². The molecule has 0 aliphatic carbocycles. The Morgan fingerprint density at radius 3 is 2.82 bits per heavy atom. The molecule has 28 heavy (non-hydrogen) atoms.